The third-order valence-electron chi connectivity index (χ3n) is 3.44. The van der Waals surface area contributed by atoms with Crippen LogP contribution in [0.15, 0.2) is 0 Å². The van der Waals surface area contributed by atoms with Gasteiger partial charge in [-0.05, 0) is 26.8 Å². The van der Waals surface area contributed by atoms with Gasteiger partial charge in [-0.25, -0.2) is 8.42 Å². The first-order valence-electron chi connectivity index (χ1n) is 7.24. The summed E-state index contributed by atoms with van der Waals surface area (Å²) in [6, 6.07) is -0.452. The van der Waals surface area contributed by atoms with Gasteiger partial charge < -0.3 is 10.1 Å². The number of hydrogen-bond donors (Lipinski definition) is 1. The molecule has 1 rings (SSSR count). The van der Waals surface area contributed by atoms with E-state index >= 15 is 0 Å². The molecule has 7 heteroatoms. The number of hydrogen-bond acceptors (Lipinski definition) is 6. The molecule has 0 saturated carbocycles. The van der Waals surface area contributed by atoms with Crippen molar-refractivity contribution in [3.05, 3.63) is 0 Å². The maximum atomic E-state index is 11.9. The van der Waals surface area contributed by atoms with Crippen LogP contribution in [0.5, 0.6) is 0 Å². The van der Waals surface area contributed by atoms with Gasteiger partial charge in [0, 0.05) is 19.1 Å². The van der Waals surface area contributed by atoms with E-state index < -0.39 is 15.9 Å². The molecule has 0 aromatic carbocycles. The maximum absolute atomic E-state index is 11.9. The number of sulfone groups is 1. The number of rotatable bonds is 7. The molecule has 0 aromatic rings. The lowest BCUT2D eigenvalue weighted by Gasteiger charge is -2.35. The van der Waals surface area contributed by atoms with Gasteiger partial charge in [-0.2, -0.15) is 0 Å². The highest BCUT2D eigenvalue weighted by Crippen LogP contribution is 2.12. The number of carbonyl (C=O) groups excluding carboxylic acids is 1. The summed E-state index contributed by atoms with van der Waals surface area (Å²) < 4.78 is 28.2. The van der Waals surface area contributed by atoms with Gasteiger partial charge in [0.1, 0.15) is 6.04 Å². The molecule has 1 aliphatic heterocycles. The standard InChI is InChI=1S/C13H26N2O4S/c1-4-6-14-12(13(16)19-5-2)9-15-7-8-20(17,18)10-11(15)3/h11-12,14H,4-10H2,1-3H3. The molecule has 1 aliphatic rings. The Bertz CT molecular complexity index is 411. The summed E-state index contributed by atoms with van der Waals surface area (Å²) in [5, 5.41) is 3.18. The van der Waals surface area contributed by atoms with Gasteiger partial charge in [-0.3, -0.25) is 9.69 Å². The van der Waals surface area contributed by atoms with E-state index in [0.29, 0.717) is 19.7 Å². The molecule has 1 heterocycles. The van der Waals surface area contributed by atoms with Crippen molar-refractivity contribution in [2.75, 3.05) is 37.7 Å². The summed E-state index contributed by atoms with van der Waals surface area (Å²) in [4.78, 5) is 14.0. The smallest absolute Gasteiger partial charge is 0.324 e. The van der Waals surface area contributed by atoms with Gasteiger partial charge in [0.15, 0.2) is 9.84 Å². The Morgan fingerprint density at radius 2 is 2.15 bits per heavy atom. The van der Waals surface area contributed by atoms with Gasteiger partial charge in [-0.1, -0.05) is 6.92 Å². The predicted octanol–water partition coefficient (Wildman–Crippen LogP) is 0.0366. The van der Waals surface area contributed by atoms with Gasteiger partial charge in [0.05, 0.1) is 18.1 Å². The summed E-state index contributed by atoms with van der Waals surface area (Å²) in [6.45, 7) is 7.77. The van der Waals surface area contributed by atoms with Crippen LogP contribution < -0.4 is 5.32 Å². The Morgan fingerprint density at radius 1 is 1.45 bits per heavy atom. The molecule has 0 spiro atoms. The molecular weight excluding hydrogens is 280 g/mol. The molecule has 2 atom stereocenters. The molecule has 1 saturated heterocycles. The van der Waals surface area contributed by atoms with Gasteiger partial charge in [0.2, 0.25) is 0 Å². The second-order valence-corrected chi connectivity index (χ2v) is 7.45. The summed E-state index contributed by atoms with van der Waals surface area (Å²) >= 11 is 0. The Labute approximate surface area is 121 Å². The van der Waals surface area contributed by atoms with Crippen LogP contribution in [-0.4, -0.2) is 69.1 Å². The van der Waals surface area contributed by atoms with E-state index in [1.165, 1.54) is 0 Å². The SMILES string of the molecule is CCCNC(CN1CCS(=O)(=O)CC1C)C(=O)OCC. The number of carbonyl (C=O) groups is 1. The largest absolute Gasteiger partial charge is 0.465 e. The van der Waals surface area contributed by atoms with E-state index in [-0.39, 0.29) is 23.5 Å². The van der Waals surface area contributed by atoms with Crippen LogP contribution >= 0.6 is 0 Å². The van der Waals surface area contributed by atoms with E-state index in [4.69, 9.17) is 4.74 Å². The van der Waals surface area contributed by atoms with Crippen LogP contribution in [-0.2, 0) is 19.4 Å². The van der Waals surface area contributed by atoms with Gasteiger partial charge in [0.25, 0.3) is 0 Å². The van der Waals surface area contributed by atoms with Crippen molar-refractivity contribution in [3.63, 3.8) is 0 Å². The van der Waals surface area contributed by atoms with Crippen LogP contribution in [0.1, 0.15) is 27.2 Å². The maximum Gasteiger partial charge on any atom is 0.324 e. The Hall–Kier alpha value is -0.660. The molecule has 0 amide bonds. The highest BCUT2D eigenvalue weighted by molar-refractivity contribution is 7.91. The minimum Gasteiger partial charge on any atom is -0.465 e. The topological polar surface area (TPSA) is 75.7 Å². The second-order valence-electron chi connectivity index (χ2n) is 5.22. The lowest BCUT2D eigenvalue weighted by Crippen LogP contribution is -2.54. The van der Waals surface area contributed by atoms with Crippen molar-refractivity contribution in [3.8, 4) is 0 Å². The zero-order chi connectivity index (χ0) is 15.2. The number of nitrogens with one attached hydrogen (secondary N) is 1. The van der Waals surface area contributed by atoms with Crippen molar-refractivity contribution in [1.29, 1.82) is 0 Å². The molecule has 0 aliphatic carbocycles. The molecule has 0 aromatic heterocycles. The summed E-state index contributed by atoms with van der Waals surface area (Å²) in [5.41, 5.74) is 0. The molecule has 0 bridgehead atoms. The van der Waals surface area contributed by atoms with E-state index in [9.17, 15) is 13.2 Å². The predicted molar refractivity (Wildman–Crippen MR) is 78.4 cm³/mol. The quantitative estimate of drug-likeness (QED) is 0.669. The fourth-order valence-corrected chi connectivity index (χ4v) is 3.95. The lowest BCUT2D eigenvalue weighted by molar-refractivity contribution is -0.146. The highest BCUT2D eigenvalue weighted by Gasteiger charge is 2.31. The summed E-state index contributed by atoms with van der Waals surface area (Å²) in [5.74, 6) is 0.0679. The zero-order valence-corrected chi connectivity index (χ0v) is 13.4. The van der Waals surface area contributed by atoms with Crippen LogP contribution in [0.3, 0.4) is 0 Å². The van der Waals surface area contributed by atoms with Crippen molar-refractivity contribution in [2.45, 2.75) is 39.3 Å². The Kier molecular flexibility index (Phi) is 6.91. The Balaban J connectivity index is 2.62. The third-order valence-corrected chi connectivity index (χ3v) is 5.23. The lowest BCUT2D eigenvalue weighted by atomic mass is 10.2. The van der Waals surface area contributed by atoms with E-state index in [0.717, 1.165) is 13.0 Å². The molecule has 20 heavy (non-hydrogen) atoms. The molecular formula is C13H26N2O4S. The van der Waals surface area contributed by atoms with Crippen LogP contribution in [0.25, 0.3) is 0 Å². The number of ether oxygens (including phenoxy) is 1. The minimum absolute atomic E-state index is 0.0610. The number of esters is 1. The third kappa shape index (κ3) is 5.38. The van der Waals surface area contributed by atoms with Crippen molar-refractivity contribution in [2.24, 2.45) is 0 Å². The average molecular weight is 306 g/mol. The highest BCUT2D eigenvalue weighted by atomic mass is 32.2. The fourth-order valence-electron chi connectivity index (χ4n) is 2.32. The molecule has 1 fully saturated rings. The first kappa shape index (κ1) is 17.4. The average Bonchev–Trinajstić information content (AvgIpc) is 2.36. The van der Waals surface area contributed by atoms with Crippen LogP contribution in [0, 0.1) is 0 Å². The molecule has 6 nitrogen and oxygen atoms in total. The Morgan fingerprint density at radius 3 is 2.70 bits per heavy atom. The number of nitrogens with zero attached hydrogens (tertiary/aromatic N) is 1. The first-order valence-corrected chi connectivity index (χ1v) is 9.06. The molecule has 1 N–H and O–H groups in total. The van der Waals surface area contributed by atoms with Crippen molar-refractivity contribution < 1.29 is 17.9 Å². The van der Waals surface area contributed by atoms with Gasteiger partial charge in [-0.15, -0.1) is 0 Å². The summed E-state index contributed by atoms with van der Waals surface area (Å²) in [6.07, 6.45) is 0.930. The van der Waals surface area contributed by atoms with Crippen LogP contribution in [0.2, 0.25) is 0 Å². The fraction of sp³-hybridized carbons (Fsp3) is 0.923. The molecule has 0 radical (unpaired) electrons. The minimum atomic E-state index is -2.93. The van der Waals surface area contributed by atoms with Crippen molar-refractivity contribution >= 4 is 15.8 Å². The molecule has 118 valence electrons. The van der Waals surface area contributed by atoms with Gasteiger partial charge >= 0.3 is 5.97 Å². The van der Waals surface area contributed by atoms with Crippen LogP contribution in [0.4, 0.5) is 0 Å². The van der Waals surface area contributed by atoms with E-state index in [1.54, 1.807) is 6.92 Å². The van der Waals surface area contributed by atoms with Crippen molar-refractivity contribution in [1.82, 2.24) is 10.2 Å². The monoisotopic (exact) mass is 306 g/mol. The summed E-state index contributed by atoms with van der Waals surface area (Å²) in [7, 11) is -2.93. The second kappa shape index (κ2) is 7.95. The van der Waals surface area contributed by atoms with E-state index in [2.05, 4.69) is 5.32 Å². The first-order chi connectivity index (χ1) is 9.39. The zero-order valence-electron chi connectivity index (χ0n) is 12.6. The molecule has 2 unspecified atom stereocenters. The normalized spacial score (nSPS) is 24.2. The van der Waals surface area contributed by atoms with E-state index in [1.807, 2.05) is 18.7 Å².